The van der Waals surface area contributed by atoms with Crippen molar-refractivity contribution < 1.29 is 8.42 Å². The third-order valence-corrected chi connectivity index (χ3v) is 7.62. The fourth-order valence-corrected chi connectivity index (χ4v) is 5.54. The van der Waals surface area contributed by atoms with E-state index in [1.165, 1.54) is 30.6 Å². The first-order valence-corrected chi connectivity index (χ1v) is 10.1. The minimum atomic E-state index is -3.30. The summed E-state index contributed by atoms with van der Waals surface area (Å²) < 4.78 is 27.6. The predicted molar refractivity (Wildman–Crippen MR) is 88.3 cm³/mol. The quantitative estimate of drug-likeness (QED) is 0.708. The largest absolute Gasteiger partial charge is 0.317 e. The van der Waals surface area contributed by atoms with Crippen LogP contribution in [0, 0.1) is 5.92 Å². The average Bonchev–Trinajstić information content (AvgIpc) is 2.87. The highest BCUT2D eigenvalue weighted by Gasteiger charge is 2.29. The number of nitrogens with zero attached hydrogens (tertiary/aromatic N) is 1. The fourth-order valence-electron chi connectivity index (χ4n) is 2.51. The van der Waals surface area contributed by atoms with Crippen molar-refractivity contribution in [3.63, 3.8) is 0 Å². The fraction of sp³-hybridized carbons (Fsp3) is 0.733. The molecule has 1 aromatic heterocycles. The van der Waals surface area contributed by atoms with E-state index >= 15 is 0 Å². The van der Waals surface area contributed by atoms with E-state index in [1.807, 2.05) is 13.0 Å². The zero-order chi connectivity index (χ0) is 15.3. The van der Waals surface area contributed by atoms with Crippen molar-refractivity contribution >= 4 is 21.4 Å². The minimum absolute atomic E-state index is 0.496. The topological polar surface area (TPSA) is 49.4 Å². The Labute approximate surface area is 132 Å². The molecule has 1 N–H and O–H groups in total. The van der Waals surface area contributed by atoms with Gasteiger partial charge in [0, 0.05) is 18.0 Å². The number of hydrogen-bond acceptors (Lipinski definition) is 4. The molecule has 0 spiro atoms. The molecule has 1 heterocycles. The molecule has 2 rings (SSSR count). The van der Waals surface area contributed by atoms with Crippen LogP contribution >= 0.6 is 11.3 Å². The highest BCUT2D eigenvalue weighted by Crippen LogP contribution is 2.31. The molecule has 1 aliphatic carbocycles. The normalized spacial score (nSPS) is 16.3. The van der Waals surface area contributed by atoms with Gasteiger partial charge in [0.15, 0.2) is 0 Å². The van der Waals surface area contributed by atoms with Crippen LogP contribution in [0.15, 0.2) is 16.3 Å². The molecule has 0 saturated heterocycles. The van der Waals surface area contributed by atoms with Crippen molar-refractivity contribution in [3.05, 3.63) is 17.0 Å². The highest BCUT2D eigenvalue weighted by atomic mass is 32.2. The first kappa shape index (κ1) is 16.9. The van der Waals surface area contributed by atoms with Gasteiger partial charge in [0.2, 0.25) is 0 Å². The van der Waals surface area contributed by atoms with Gasteiger partial charge >= 0.3 is 0 Å². The Morgan fingerprint density at radius 2 is 2.10 bits per heavy atom. The second kappa shape index (κ2) is 7.72. The third kappa shape index (κ3) is 4.28. The molecule has 0 amide bonds. The van der Waals surface area contributed by atoms with E-state index in [-0.39, 0.29) is 0 Å². The summed E-state index contributed by atoms with van der Waals surface area (Å²) in [5, 5.41) is 3.27. The van der Waals surface area contributed by atoms with Crippen LogP contribution in [0.2, 0.25) is 0 Å². The molecule has 0 radical (unpaired) electrons. The van der Waals surface area contributed by atoms with Crippen molar-refractivity contribution in [1.82, 2.24) is 9.62 Å². The summed E-state index contributed by atoms with van der Waals surface area (Å²) >= 11 is 1.42. The first-order chi connectivity index (χ1) is 10.1. The van der Waals surface area contributed by atoms with Gasteiger partial charge < -0.3 is 5.32 Å². The van der Waals surface area contributed by atoms with Crippen LogP contribution in [0.3, 0.4) is 0 Å². The van der Waals surface area contributed by atoms with Gasteiger partial charge in [-0.2, -0.15) is 4.31 Å². The molecule has 21 heavy (non-hydrogen) atoms. The Balaban J connectivity index is 2.02. The molecular weight excluding hydrogens is 304 g/mol. The molecule has 1 saturated carbocycles. The third-order valence-electron chi connectivity index (χ3n) is 4.07. The lowest BCUT2D eigenvalue weighted by Crippen LogP contribution is -2.36. The van der Waals surface area contributed by atoms with Crippen molar-refractivity contribution in [2.75, 3.05) is 26.2 Å². The molecule has 6 heteroatoms. The zero-order valence-electron chi connectivity index (χ0n) is 13.0. The Hall–Kier alpha value is -0.430. The molecule has 1 aliphatic rings. The summed E-state index contributed by atoms with van der Waals surface area (Å²) in [4.78, 5) is 1.13. The number of hydrogen-bond donors (Lipinski definition) is 1. The van der Waals surface area contributed by atoms with Crippen LogP contribution in [0.4, 0.5) is 0 Å². The summed E-state index contributed by atoms with van der Waals surface area (Å²) in [5.41, 5.74) is 0. The van der Waals surface area contributed by atoms with Gasteiger partial charge in [0.25, 0.3) is 10.0 Å². The van der Waals surface area contributed by atoms with Crippen LogP contribution < -0.4 is 5.32 Å². The molecule has 0 atom stereocenters. The summed E-state index contributed by atoms with van der Waals surface area (Å²) in [6, 6.07) is 3.72. The molecule has 0 unspecified atom stereocenters. The number of nitrogens with one attached hydrogen (secondary N) is 1. The second-order valence-electron chi connectivity index (χ2n) is 5.58. The van der Waals surface area contributed by atoms with E-state index in [9.17, 15) is 8.42 Å². The van der Waals surface area contributed by atoms with Gasteiger partial charge in [-0.3, -0.25) is 0 Å². The Kier molecular flexibility index (Phi) is 6.22. The average molecular weight is 331 g/mol. The van der Waals surface area contributed by atoms with E-state index in [4.69, 9.17) is 0 Å². The Morgan fingerprint density at radius 1 is 1.33 bits per heavy atom. The van der Waals surface area contributed by atoms with E-state index in [1.54, 1.807) is 10.4 Å². The lowest BCUT2D eigenvalue weighted by Gasteiger charge is -2.30. The van der Waals surface area contributed by atoms with Crippen molar-refractivity contribution in [1.29, 1.82) is 0 Å². The summed E-state index contributed by atoms with van der Waals surface area (Å²) in [5.74, 6) is 0.563. The van der Waals surface area contributed by atoms with Gasteiger partial charge in [0.05, 0.1) is 0 Å². The molecule has 0 aromatic carbocycles. The molecule has 1 fully saturated rings. The van der Waals surface area contributed by atoms with Gasteiger partial charge in [0.1, 0.15) is 4.21 Å². The first-order valence-electron chi connectivity index (χ1n) is 7.87. The van der Waals surface area contributed by atoms with Crippen LogP contribution in [0.5, 0.6) is 0 Å². The standard InChI is InChI=1S/C15H26N2O2S2/c1-3-16-11-10-14-8-9-15(20-14)21(18,19)17(4-2)12-13-6-5-7-13/h8-9,13,16H,3-7,10-12H2,1-2H3. The molecule has 1 aromatic rings. The molecular formula is C15H26N2O2S2. The predicted octanol–water partition coefficient (Wildman–Crippen LogP) is 2.71. The Morgan fingerprint density at radius 3 is 2.67 bits per heavy atom. The number of thiophene rings is 1. The molecule has 120 valence electrons. The maximum Gasteiger partial charge on any atom is 0.252 e. The van der Waals surface area contributed by atoms with Gasteiger partial charge in [-0.15, -0.1) is 11.3 Å². The van der Waals surface area contributed by atoms with Crippen LogP contribution in [-0.2, 0) is 16.4 Å². The van der Waals surface area contributed by atoms with Gasteiger partial charge in [-0.25, -0.2) is 8.42 Å². The lowest BCUT2D eigenvalue weighted by atomic mass is 9.85. The zero-order valence-corrected chi connectivity index (χ0v) is 14.6. The molecule has 4 nitrogen and oxygen atoms in total. The monoisotopic (exact) mass is 330 g/mol. The van der Waals surface area contributed by atoms with E-state index < -0.39 is 10.0 Å². The number of sulfonamides is 1. The maximum absolute atomic E-state index is 12.7. The summed E-state index contributed by atoms with van der Waals surface area (Å²) in [6.07, 6.45) is 4.48. The smallest absolute Gasteiger partial charge is 0.252 e. The second-order valence-corrected chi connectivity index (χ2v) is 8.91. The Bertz CT molecular complexity index is 536. The van der Waals surface area contributed by atoms with Crippen LogP contribution in [-0.4, -0.2) is 38.9 Å². The van der Waals surface area contributed by atoms with E-state index in [0.717, 1.165) is 24.4 Å². The summed E-state index contributed by atoms with van der Waals surface area (Å²) in [7, 11) is -3.30. The maximum atomic E-state index is 12.7. The number of likely N-dealkylation sites (N-methyl/N-ethyl adjacent to an activating group) is 1. The summed E-state index contributed by atoms with van der Waals surface area (Å²) in [6.45, 7) is 7.09. The van der Waals surface area contributed by atoms with Crippen molar-refractivity contribution in [2.24, 2.45) is 5.92 Å². The van der Waals surface area contributed by atoms with Crippen LogP contribution in [0.1, 0.15) is 38.0 Å². The SMILES string of the molecule is CCNCCc1ccc(S(=O)(=O)N(CC)CC2CCC2)s1. The van der Waals surface area contributed by atoms with Crippen LogP contribution in [0.25, 0.3) is 0 Å². The minimum Gasteiger partial charge on any atom is -0.317 e. The number of rotatable bonds is 9. The van der Waals surface area contributed by atoms with Gasteiger partial charge in [-0.1, -0.05) is 20.3 Å². The van der Waals surface area contributed by atoms with Gasteiger partial charge in [-0.05, 0) is 50.4 Å². The van der Waals surface area contributed by atoms with E-state index in [0.29, 0.717) is 23.2 Å². The lowest BCUT2D eigenvalue weighted by molar-refractivity contribution is 0.250. The molecule has 0 aliphatic heterocycles. The van der Waals surface area contributed by atoms with Crippen molar-refractivity contribution in [2.45, 2.75) is 43.7 Å². The van der Waals surface area contributed by atoms with Crippen molar-refractivity contribution in [3.8, 4) is 0 Å². The highest BCUT2D eigenvalue weighted by molar-refractivity contribution is 7.91. The molecule has 0 bridgehead atoms. The van der Waals surface area contributed by atoms with E-state index in [2.05, 4.69) is 12.2 Å².